The van der Waals surface area contributed by atoms with E-state index in [1.165, 1.54) is 30.4 Å². The van der Waals surface area contributed by atoms with Gasteiger partial charge in [0, 0.05) is 25.2 Å². The monoisotopic (exact) mass is 288 g/mol. The molecule has 2 fully saturated rings. The SMILES string of the molecule is CCNC(CN1CCOC2CCCC21)c1ccccc1C. The summed E-state index contributed by atoms with van der Waals surface area (Å²) in [6.07, 6.45) is 4.36. The van der Waals surface area contributed by atoms with E-state index >= 15 is 0 Å². The molecule has 1 N–H and O–H groups in total. The fraction of sp³-hybridized carbons (Fsp3) is 0.667. The summed E-state index contributed by atoms with van der Waals surface area (Å²) in [6.45, 7) is 8.50. The second kappa shape index (κ2) is 6.91. The summed E-state index contributed by atoms with van der Waals surface area (Å²) in [4.78, 5) is 2.67. The summed E-state index contributed by atoms with van der Waals surface area (Å²) in [5.74, 6) is 0. The number of likely N-dealkylation sites (N-methyl/N-ethyl adjacent to an activating group) is 1. The van der Waals surface area contributed by atoms with Crippen LogP contribution >= 0.6 is 0 Å². The first-order valence-electron chi connectivity index (χ1n) is 8.44. The van der Waals surface area contributed by atoms with Crippen LogP contribution in [-0.4, -0.2) is 43.3 Å². The van der Waals surface area contributed by atoms with Gasteiger partial charge < -0.3 is 10.1 Å². The minimum Gasteiger partial charge on any atom is -0.375 e. The van der Waals surface area contributed by atoms with Crippen molar-refractivity contribution in [3.63, 3.8) is 0 Å². The quantitative estimate of drug-likeness (QED) is 0.901. The highest BCUT2D eigenvalue weighted by Crippen LogP contribution is 2.31. The molecule has 0 spiro atoms. The molecule has 1 saturated carbocycles. The van der Waals surface area contributed by atoms with Crippen molar-refractivity contribution >= 4 is 0 Å². The van der Waals surface area contributed by atoms with Gasteiger partial charge in [-0.25, -0.2) is 0 Å². The van der Waals surface area contributed by atoms with Gasteiger partial charge in [0.05, 0.1) is 12.7 Å². The molecule has 1 heterocycles. The van der Waals surface area contributed by atoms with Crippen LogP contribution < -0.4 is 5.32 Å². The highest BCUT2D eigenvalue weighted by molar-refractivity contribution is 5.29. The number of nitrogens with zero attached hydrogens (tertiary/aromatic N) is 1. The van der Waals surface area contributed by atoms with Crippen LogP contribution in [0.1, 0.15) is 43.4 Å². The lowest BCUT2D eigenvalue weighted by molar-refractivity contribution is -0.0582. The molecule has 1 aliphatic carbocycles. The maximum atomic E-state index is 5.94. The Morgan fingerprint density at radius 3 is 3.00 bits per heavy atom. The average Bonchev–Trinajstić information content (AvgIpc) is 2.97. The molecule has 3 nitrogen and oxygen atoms in total. The zero-order valence-corrected chi connectivity index (χ0v) is 13.3. The Morgan fingerprint density at radius 1 is 1.33 bits per heavy atom. The first-order valence-corrected chi connectivity index (χ1v) is 8.44. The minimum atomic E-state index is 0.426. The Hall–Kier alpha value is -0.900. The molecule has 0 radical (unpaired) electrons. The van der Waals surface area contributed by atoms with Crippen LogP contribution in [0.3, 0.4) is 0 Å². The number of fused-ring (bicyclic) bond motifs is 1. The topological polar surface area (TPSA) is 24.5 Å². The lowest BCUT2D eigenvalue weighted by Gasteiger charge is -2.40. The Bertz CT molecular complexity index is 462. The number of nitrogens with one attached hydrogen (secondary N) is 1. The molecule has 116 valence electrons. The Labute approximate surface area is 128 Å². The van der Waals surface area contributed by atoms with Gasteiger partial charge in [-0.3, -0.25) is 4.90 Å². The number of morpholine rings is 1. The van der Waals surface area contributed by atoms with Crippen LogP contribution in [0.5, 0.6) is 0 Å². The van der Waals surface area contributed by atoms with Gasteiger partial charge in [0.1, 0.15) is 0 Å². The Kier molecular flexibility index (Phi) is 4.94. The van der Waals surface area contributed by atoms with Gasteiger partial charge in [-0.15, -0.1) is 0 Å². The molecule has 0 aromatic heterocycles. The smallest absolute Gasteiger partial charge is 0.0730 e. The maximum Gasteiger partial charge on any atom is 0.0730 e. The van der Waals surface area contributed by atoms with Crippen LogP contribution in [0.15, 0.2) is 24.3 Å². The van der Waals surface area contributed by atoms with Gasteiger partial charge in [0.2, 0.25) is 0 Å². The second-order valence-electron chi connectivity index (χ2n) is 6.37. The summed E-state index contributed by atoms with van der Waals surface area (Å²) in [5.41, 5.74) is 2.83. The third kappa shape index (κ3) is 3.31. The molecule has 0 bridgehead atoms. The third-order valence-electron chi connectivity index (χ3n) is 5.03. The van der Waals surface area contributed by atoms with E-state index in [2.05, 4.69) is 48.3 Å². The molecular weight excluding hydrogens is 260 g/mol. The van der Waals surface area contributed by atoms with Crippen molar-refractivity contribution < 1.29 is 4.74 Å². The molecule has 3 unspecified atom stereocenters. The van der Waals surface area contributed by atoms with Crippen LogP contribution in [0.25, 0.3) is 0 Å². The molecule has 1 saturated heterocycles. The Balaban J connectivity index is 1.74. The summed E-state index contributed by atoms with van der Waals surface area (Å²) < 4.78 is 5.94. The molecule has 1 aromatic rings. The summed E-state index contributed by atoms with van der Waals surface area (Å²) in [6, 6.07) is 9.85. The lowest BCUT2D eigenvalue weighted by Crippen LogP contribution is -2.51. The fourth-order valence-electron chi connectivity index (χ4n) is 3.96. The first kappa shape index (κ1) is 15.0. The predicted octanol–water partition coefficient (Wildman–Crippen LogP) is 2.90. The molecule has 1 aromatic carbocycles. The van der Waals surface area contributed by atoms with Crippen molar-refractivity contribution in [1.29, 1.82) is 0 Å². The maximum absolute atomic E-state index is 5.94. The normalized spacial score (nSPS) is 27.5. The number of rotatable bonds is 5. The fourth-order valence-corrected chi connectivity index (χ4v) is 3.96. The molecular formula is C18H28N2O. The first-order chi connectivity index (χ1) is 10.3. The molecule has 0 amide bonds. The number of hydrogen-bond donors (Lipinski definition) is 1. The molecule has 21 heavy (non-hydrogen) atoms. The van der Waals surface area contributed by atoms with E-state index in [9.17, 15) is 0 Å². The van der Waals surface area contributed by atoms with Crippen molar-refractivity contribution in [1.82, 2.24) is 10.2 Å². The van der Waals surface area contributed by atoms with Gasteiger partial charge in [0.25, 0.3) is 0 Å². The van der Waals surface area contributed by atoms with Crippen molar-refractivity contribution in [3.8, 4) is 0 Å². The number of benzene rings is 1. The van der Waals surface area contributed by atoms with Gasteiger partial charge in [-0.1, -0.05) is 31.2 Å². The highest BCUT2D eigenvalue weighted by atomic mass is 16.5. The number of ether oxygens (including phenoxy) is 1. The lowest BCUT2D eigenvalue weighted by atomic mass is 9.99. The standard InChI is InChI=1S/C18H28N2O/c1-3-19-16(15-8-5-4-7-14(15)2)13-20-11-12-21-18-10-6-9-17(18)20/h4-5,7-8,16-19H,3,6,9-13H2,1-2H3. The van der Waals surface area contributed by atoms with Crippen molar-refractivity contribution in [2.75, 3.05) is 26.2 Å². The summed E-state index contributed by atoms with van der Waals surface area (Å²) >= 11 is 0. The number of aryl methyl sites for hydroxylation is 1. The van der Waals surface area contributed by atoms with E-state index in [1.54, 1.807) is 0 Å². The van der Waals surface area contributed by atoms with Crippen LogP contribution in [-0.2, 0) is 4.74 Å². The largest absolute Gasteiger partial charge is 0.375 e. The van der Waals surface area contributed by atoms with Gasteiger partial charge >= 0.3 is 0 Å². The van der Waals surface area contributed by atoms with Gasteiger partial charge in [-0.2, -0.15) is 0 Å². The van der Waals surface area contributed by atoms with Gasteiger partial charge in [-0.05, 0) is 43.9 Å². The van der Waals surface area contributed by atoms with Crippen LogP contribution in [0, 0.1) is 6.92 Å². The van der Waals surface area contributed by atoms with Crippen LogP contribution in [0.2, 0.25) is 0 Å². The molecule has 1 aliphatic heterocycles. The third-order valence-corrected chi connectivity index (χ3v) is 5.03. The zero-order chi connectivity index (χ0) is 14.7. The summed E-state index contributed by atoms with van der Waals surface area (Å²) in [7, 11) is 0. The summed E-state index contributed by atoms with van der Waals surface area (Å²) in [5, 5.41) is 3.68. The number of hydrogen-bond acceptors (Lipinski definition) is 3. The van der Waals surface area contributed by atoms with Crippen LogP contribution in [0.4, 0.5) is 0 Å². The van der Waals surface area contributed by atoms with E-state index in [-0.39, 0.29) is 0 Å². The van der Waals surface area contributed by atoms with Crippen molar-refractivity contribution in [3.05, 3.63) is 35.4 Å². The highest BCUT2D eigenvalue weighted by Gasteiger charge is 2.36. The zero-order valence-electron chi connectivity index (χ0n) is 13.3. The van der Waals surface area contributed by atoms with Crippen molar-refractivity contribution in [2.24, 2.45) is 0 Å². The minimum absolute atomic E-state index is 0.426. The molecule has 3 atom stereocenters. The van der Waals surface area contributed by atoms with E-state index in [0.717, 1.165) is 26.2 Å². The average molecular weight is 288 g/mol. The second-order valence-corrected chi connectivity index (χ2v) is 6.37. The predicted molar refractivity (Wildman–Crippen MR) is 86.5 cm³/mol. The van der Waals surface area contributed by atoms with E-state index in [1.807, 2.05) is 0 Å². The molecule has 2 aliphatic rings. The van der Waals surface area contributed by atoms with E-state index in [4.69, 9.17) is 4.74 Å². The van der Waals surface area contributed by atoms with E-state index < -0.39 is 0 Å². The molecule has 3 rings (SSSR count). The molecule has 3 heteroatoms. The van der Waals surface area contributed by atoms with Crippen molar-refractivity contribution in [2.45, 2.75) is 51.3 Å². The van der Waals surface area contributed by atoms with E-state index in [0.29, 0.717) is 18.2 Å². The van der Waals surface area contributed by atoms with Gasteiger partial charge in [0.15, 0.2) is 0 Å². The Morgan fingerprint density at radius 2 is 2.19 bits per heavy atom.